The molecule has 0 spiro atoms. The lowest BCUT2D eigenvalue weighted by atomic mass is 10.1. The van der Waals surface area contributed by atoms with E-state index < -0.39 is 27.4 Å². The minimum Gasteiger partial charge on any atom is -0.481 e. The first-order chi connectivity index (χ1) is 16.5. The Morgan fingerprint density at radius 2 is 1.71 bits per heavy atom. The average Bonchev–Trinajstić information content (AvgIpc) is 3.36. The maximum Gasteiger partial charge on any atom is 0.305 e. The van der Waals surface area contributed by atoms with Gasteiger partial charge in [0.1, 0.15) is 5.37 Å². The number of hydrogen-bond acceptors (Lipinski definition) is 5. The van der Waals surface area contributed by atoms with Crippen LogP contribution in [0.2, 0.25) is 0 Å². The van der Waals surface area contributed by atoms with Gasteiger partial charge in [-0.15, -0.1) is 11.8 Å². The summed E-state index contributed by atoms with van der Waals surface area (Å²) in [5.41, 5.74) is 3.15. The lowest BCUT2D eigenvalue weighted by Gasteiger charge is -2.25. The van der Waals surface area contributed by atoms with E-state index in [-0.39, 0.29) is 12.1 Å². The summed E-state index contributed by atoms with van der Waals surface area (Å²) in [5, 5.41) is 20.4. The molecule has 0 radical (unpaired) electrons. The fourth-order valence-corrected chi connectivity index (χ4v) is 5.79. The zero-order chi connectivity index (χ0) is 23.8. The second-order valence-corrected chi connectivity index (χ2v) is 9.15. The number of carbonyl (C=O) groups excluding carboxylic acids is 1. The average molecular weight is 474 g/mol. The number of H-pyrrole nitrogens is 1. The number of hydrogen-bond donors (Lipinski definition) is 2. The largest absolute Gasteiger partial charge is 0.481 e. The molecule has 2 N–H and O–H groups in total. The zero-order valence-corrected chi connectivity index (χ0v) is 18.6. The Kier molecular flexibility index (Phi) is 5.54. The highest BCUT2D eigenvalue weighted by molar-refractivity contribution is 8.01. The van der Waals surface area contributed by atoms with Crippen LogP contribution in [0, 0.1) is 10.1 Å². The van der Waals surface area contributed by atoms with Crippen molar-refractivity contribution in [1.29, 1.82) is 0 Å². The van der Waals surface area contributed by atoms with Crippen molar-refractivity contribution in [3.05, 3.63) is 94.5 Å². The van der Waals surface area contributed by atoms with E-state index in [2.05, 4.69) is 4.98 Å². The highest BCUT2D eigenvalue weighted by Crippen LogP contribution is 2.52. The third kappa shape index (κ3) is 3.69. The molecule has 1 fully saturated rings. The fraction of sp³-hybridized carbons (Fsp3) is 0.120. The van der Waals surface area contributed by atoms with Gasteiger partial charge in [-0.3, -0.25) is 24.6 Å². The third-order valence-electron chi connectivity index (χ3n) is 5.78. The van der Waals surface area contributed by atoms with Gasteiger partial charge in [0.25, 0.3) is 5.69 Å². The number of anilines is 1. The molecule has 34 heavy (non-hydrogen) atoms. The topological polar surface area (TPSA) is 117 Å². The summed E-state index contributed by atoms with van der Waals surface area (Å²) in [6.07, 6.45) is -0.375. The van der Waals surface area contributed by atoms with Crippen molar-refractivity contribution in [2.75, 3.05) is 4.90 Å². The number of nitro groups is 1. The molecule has 1 aliphatic heterocycles. The Balaban J connectivity index is 1.76. The summed E-state index contributed by atoms with van der Waals surface area (Å²) < 4.78 is 0. The van der Waals surface area contributed by atoms with E-state index in [4.69, 9.17) is 0 Å². The van der Waals surface area contributed by atoms with Gasteiger partial charge in [-0.2, -0.15) is 0 Å². The number of nitrogens with zero attached hydrogens (tertiary/aromatic N) is 2. The molecule has 0 aliphatic carbocycles. The number of amides is 1. The molecule has 5 rings (SSSR count). The summed E-state index contributed by atoms with van der Waals surface area (Å²) >= 11 is 1.13. The van der Waals surface area contributed by atoms with Gasteiger partial charge in [0.15, 0.2) is 0 Å². The van der Waals surface area contributed by atoms with E-state index >= 15 is 0 Å². The normalized spacial score (nSPS) is 17.9. The molecule has 3 aromatic carbocycles. The number of carboxylic acid groups (broad SMARTS) is 1. The SMILES string of the molecule is O=C(O)CC1SC(c2ccccc2[N+](=O)[O-])N(c2c(-c3ccccc3)[nH]c3ccccc23)C1=O. The highest BCUT2D eigenvalue weighted by atomic mass is 32.2. The summed E-state index contributed by atoms with van der Waals surface area (Å²) in [7, 11) is 0. The van der Waals surface area contributed by atoms with Crippen LogP contribution in [0.4, 0.5) is 11.4 Å². The quantitative estimate of drug-likeness (QED) is 0.287. The molecule has 4 aromatic rings. The molecular formula is C25H19N3O5S. The number of benzene rings is 3. The van der Waals surface area contributed by atoms with E-state index in [1.807, 2.05) is 54.6 Å². The number of rotatable bonds is 6. The molecule has 0 bridgehead atoms. The molecule has 170 valence electrons. The zero-order valence-electron chi connectivity index (χ0n) is 17.8. The van der Waals surface area contributed by atoms with Gasteiger partial charge in [-0.25, -0.2) is 0 Å². The van der Waals surface area contributed by atoms with E-state index in [1.54, 1.807) is 18.2 Å². The Labute approximate surface area is 198 Å². The number of carbonyl (C=O) groups is 2. The van der Waals surface area contributed by atoms with Gasteiger partial charge in [0.05, 0.1) is 33.5 Å². The number of aromatic nitrogens is 1. The van der Waals surface area contributed by atoms with Crippen LogP contribution in [0.15, 0.2) is 78.9 Å². The molecular weight excluding hydrogens is 454 g/mol. The van der Waals surface area contributed by atoms with Crippen LogP contribution in [-0.4, -0.2) is 32.1 Å². The van der Waals surface area contributed by atoms with Crippen LogP contribution in [0.5, 0.6) is 0 Å². The molecule has 1 aliphatic rings. The molecule has 8 nitrogen and oxygen atoms in total. The van der Waals surface area contributed by atoms with Crippen molar-refractivity contribution >= 4 is 45.9 Å². The summed E-state index contributed by atoms with van der Waals surface area (Å²) in [4.78, 5) is 41.5. The third-order valence-corrected chi connectivity index (χ3v) is 7.20. The van der Waals surface area contributed by atoms with Gasteiger partial charge in [-0.1, -0.05) is 60.7 Å². The van der Waals surface area contributed by atoms with E-state index in [9.17, 15) is 24.8 Å². The summed E-state index contributed by atoms with van der Waals surface area (Å²) in [6.45, 7) is 0. The number of nitro benzene ring substituents is 1. The van der Waals surface area contributed by atoms with E-state index in [0.717, 1.165) is 28.2 Å². The van der Waals surface area contributed by atoms with Gasteiger partial charge >= 0.3 is 5.97 Å². The molecule has 9 heteroatoms. The van der Waals surface area contributed by atoms with Crippen LogP contribution < -0.4 is 4.90 Å². The number of nitrogens with one attached hydrogen (secondary N) is 1. The predicted octanol–water partition coefficient (Wildman–Crippen LogP) is 5.37. The van der Waals surface area contributed by atoms with Crippen molar-refractivity contribution in [3.63, 3.8) is 0 Å². The standard InChI is InChI=1S/C25H19N3O5S/c29-21(30)14-20-24(31)27(25(34-20)17-11-5-7-13-19(17)28(32)33)23-16-10-4-6-12-18(16)26-22(23)15-8-2-1-3-9-15/h1-13,20,25-26H,14H2,(H,29,30). The van der Waals surface area contributed by atoms with Crippen molar-refractivity contribution in [2.24, 2.45) is 0 Å². The first-order valence-electron chi connectivity index (χ1n) is 10.6. The molecule has 2 heterocycles. The molecule has 0 saturated carbocycles. The Morgan fingerprint density at radius 1 is 1.03 bits per heavy atom. The Morgan fingerprint density at radius 3 is 2.44 bits per heavy atom. The minimum atomic E-state index is -1.10. The van der Waals surface area contributed by atoms with Gasteiger partial charge in [0.2, 0.25) is 5.91 Å². The number of para-hydroxylation sites is 2. The van der Waals surface area contributed by atoms with Crippen molar-refractivity contribution in [1.82, 2.24) is 4.98 Å². The van der Waals surface area contributed by atoms with Gasteiger partial charge in [0, 0.05) is 22.5 Å². The minimum absolute atomic E-state index is 0.116. The van der Waals surface area contributed by atoms with Crippen LogP contribution >= 0.6 is 11.8 Å². The number of aliphatic carboxylic acids is 1. The highest BCUT2D eigenvalue weighted by Gasteiger charge is 2.46. The number of fused-ring (bicyclic) bond motifs is 1. The predicted molar refractivity (Wildman–Crippen MR) is 131 cm³/mol. The van der Waals surface area contributed by atoms with Crippen LogP contribution in [0.25, 0.3) is 22.2 Å². The monoisotopic (exact) mass is 473 g/mol. The fourth-order valence-electron chi connectivity index (χ4n) is 4.33. The smallest absolute Gasteiger partial charge is 0.305 e. The second-order valence-electron chi connectivity index (χ2n) is 7.86. The van der Waals surface area contributed by atoms with Gasteiger partial charge < -0.3 is 10.1 Å². The molecule has 1 aromatic heterocycles. The lowest BCUT2D eigenvalue weighted by molar-refractivity contribution is -0.385. The number of aromatic amines is 1. The van der Waals surface area contributed by atoms with Crippen molar-refractivity contribution in [3.8, 4) is 11.3 Å². The molecule has 2 unspecified atom stereocenters. The molecule has 1 saturated heterocycles. The molecule has 1 amide bonds. The Bertz CT molecular complexity index is 1420. The van der Waals surface area contributed by atoms with Crippen molar-refractivity contribution < 1.29 is 19.6 Å². The second kappa shape index (κ2) is 8.68. The van der Waals surface area contributed by atoms with E-state index in [1.165, 1.54) is 11.0 Å². The first-order valence-corrected chi connectivity index (χ1v) is 11.5. The maximum absolute atomic E-state index is 13.7. The molecule has 2 atom stereocenters. The Hall–Kier alpha value is -4.11. The lowest BCUT2D eigenvalue weighted by Crippen LogP contribution is -2.32. The van der Waals surface area contributed by atoms with E-state index in [0.29, 0.717) is 16.9 Å². The summed E-state index contributed by atoms with van der Waals surface area (Å²) in [6, 6.07) is 23.3. The van der Waals surface area contributed by atoms with Crippen LogP contribution in [0.3, 0.4) is 0 Å². The summed E-state index contributed by atoms with van der Waals surface area (Å²) in [5.74, 6) is -1.49. The number of carboxylic acids is 1. The number of thioether (sulfide) groups is 1. The van der Waals surface area contributed by atoms with Gasteiger partial charge in [-0.05, 0) is 12.1 Å². The first kappa shape index (κ1) is 21.7. The van der Waals surface area contributed by atoms with Crippen molar-refractivity contribution in [2.45, 2.75) is 17.0 Å². The van der Waals surface area contributed by atoms with Crippen LogP contribution in [0.1, 0.15) is 17.4 Å². The maximum atomic E-state index is 13.7. The van der Waals surface area contributed by atoms with Crippen LogP contribution in [-0.2, 0) is 9.59 Å².